The van der Waals surface area contributed by atoms with Crippen LogP contribution in [0.25, 0.3) is 22.2 Å². The van der Waals surface area contributed by atoms with E-state index in [2.05, 4.69) is 32.6 Å². The lowest BCUT2D eigenvalue weighted by Gasteiger charge is -2.08. The summed E-state index contributed by atoms with van der Waals surface area (Å²) in [5.41, 5.74) is 8.09. The molecule has 184 valence electrons. The first-order chi connectivity index (χ1) is 18.5. The molecule has 5 aromatic rings. The second kappa shape index (κ2) is 10.6. The quantitative estimate of drug-likeness (QED) is 0.119. The number of hydrogen-bond donors (Lipinski definition) is 4. The van der Waals surface area contributed by atoms with Crippen LogP contribution >= 0.6 is 0 Å². The van der Waals surface area contributed by atoms with Gasteiger partial charge in [0, 0.05) is 45.8 Å². The summed E-state index contributed by atoms with van der Waals surface area (Å²) in [7, 11) is 0. The van der Waals surface area contributed by atoms with Crippen molar-refractivity contribution in [2.24, 2.45) is 5.84 Å². The Bertz CT molecular complexity index is 1720. The predicted octanol–water partition coefficient (Wildman–Crippen LogP) is 4.74. The molecule has 2 aromatic heterocycles. The van der Waals surface area contributed by atoms with Crippen LogP contribution in [0.1, 0.15) is 31.8 Å². The molecule has 1 amide bonds. The number of rotatable bonds is 5. The van der Waals surface area contributed by atoms with Gasteiger partial charge in [0.1, 0.15) is 0 Å². The summed E-state index contributed by atoms with van der Waals surface area (Å²) in [5.74, 6) is 10.3. The fourth-order valence-electron chi connectivity index (χ4n) is 3.88. The molecule has 8 nitrogen and oxygen atoms in total. The number of nitrogens with two attached hydrogens (primary N) is 1. The average molecular weight is 500 g/mol. The van der Waals surface area contributed by atoms with Crippen molar-refractivity contribution < 1.29 is 14.7 Å². The van der Waals surface area contributed by atoms with Gasteiger partial charge in [0.25, 0.3) is 5.91 Å². The van der Waals surface area contributed by atoms with Crippen molar-refractivity contribution in [2.45, 2.75) is 0 Å². The van der Waals surface area contributed by atoms with Gasteiger partial charge in [-0.2, -0.15) is 0 Å². The molecule has 0 bridgehead atoms. The van der Waals surface area contributed by atoms with Gasteiger partial charge in [0.2, 0.25) is 0 Å². The van der Waals surface area contributed by atoms with E-state index in [0.29, 0.717) is 27.8 Å². The largest absolute Gasteiger partial charge is 0.478 e. The Kier molecular flexibility index (Phi) is 6.76. The Hall–Kier alpha value is -5.52. The molecule has 0 unspecified atom stereocenters. The summed E-state index contributed by atoms with van der Waals surface area (Å²) in [6, 6.07) is 25.2. The lowest BCUT2D eigenvalue weighted by atomic mass is 10.0. The van der Waals surface area contributed by atoms with Gasteiger partial charge in [-0.3, -0.25) is 15.2 Å². The number of nitrogens with one attached hydrogen (secondary N) is 2. The molecule has 2 heterocycles. The minimum atomic E-state index is -0.970. The summed E-state index contributed by atoms with van der Waals surface area (Å²) in [6.07, 6.45) is 3.22. The van der Waals surface area contributed by atoms with E-state index in [1.165, 1.54) is 0 Å². The third-order valence-corrected chi connectivity index (χ3v) is 5.80. The molecule has 0 fully saturated rings. The second-order valence-corrected chi connectivity index (χ2v) is 8.34. The normalized spacial score (nSPS) is 10.3. The van der Waals surface area contributed by atoms with Crippen molar-refractivity contribution in [1.82, 2.24) is 15.4 Å². The Morgan fingerprint density at radius 1 is 0.842 bits per heavy atom. The van der Waals surface area contributed by atoms with Crippen LogP contribution in [0.4, 0.5) is 11.4 Å². The number of pyridine rings is 2. The zero-order chi connectivity index (χ0) is 26.5. The number of aromatic carboxylic acids is 1. The van der Waals surface area contributed by atoms with Crippen LogP contribution in [0.2, 0.25) is 0 Å². The van der Waals surface area contributed by atoms with E-state index in [0.717, 1.165) is 22.4 Å². The molecule has 3 aromatic carbocycles. The number of amides is 1. The number of carboxylic acid groups (broad SMARTS) is 1. The summed E-state index contributed by atoms with van der Waals surface area (Å²) in [6.45, 7) is 0. The SMILES string of the molecule is NNC(=O)c1cc(-c2ccc(C#Cc3ccc(Nc4cccc(C(=O)O)c4)cc3)cc2)nc2ccncc12. The number of fused-ring (bicyclic) bond motifs is 1. The van der Waals surface area contributed by atoms with Crippen LogP contribution < -0.4 is 16.6 Å². The third kappa shape index (κ3) is 5.33. The van der Waals surface area contributed by atoms with Gasteiger partial charge in [-0.25, -0.2) is 15.6 Å². The molecule has 0 aliphatic heterocycles. The molecule has 5 rings (SSSR count). The highest BCUT2D eigenvalue weighted by molar-refractivity contribution is 6.06. The minimum absolute atomic E-state index is 0.221. The van der Waals surface area contributed by atoms with Crippen LogP contribution in [-0.4, -0.2) is 27.0 Å². The molecule has 38 heavy (non-hydrogen) atoms. The van der Waals surface area contributed by atoms with Gasteiger partial charge in [-0.05, 0) is 66.7 Å². The maximum absolute atomic E-state index is 12.3. The molecule has 0 atom stereocenters. The Labute approximate surface area is 218 Å². The van der Waals surface area contributed by atoms with Crippen LogP contribution in [0.3, 0.4) is 0 Å². The fourth-order valence-corrected chi connectivity index (χ4v) is 3.88. The van der Waals surface area contributed by atoms with Gasteiger partial charge >= 0.3 is 5.97 Å². The van der Waals surface area contributed by atoms with Gasteiger partial charge in [-0.1, -0.05) is 30.0 Å². The number of nitrogens with zero attached hydrogens (tertiary/aromatic N) is 2. The number of hydrogen-bond acceptors (Lipinski definition) is 6. The lowest BCUT2D eigenvalue weighted by molar-refractivity contribution is 0.0696. The topological polar surface area (TPSA) is 130 Å². The molecule has 0 spiro atoms. The van der Waals surface area contributed by atoms with Gasteiger partial charge in [-0.15, -0.1) is 0 Å². The van der Waals surface area contributed by atoms with E-state index >= 15 is 0 Å². The zero-order valence-electron chi connectivity index (χ0n) is 20.0. The van der Waals surface area contributed by atoms with Crippen LogP contribution in [0.5, 0.6) is 0 Å². The van der Waals surface area contributed by atoms with Crippen molar-refractivity contribution in [3.63, 3.8) is 0 Å². The first-order valence-electron chi connectivity index (χ1n) is 11.6. The molecule has 0 saturated carbocycles. The minimum Gasteiger partial charge on any atom is -0.478 e. The highest BCUT2D eigenvalue weighted by Crippen LogP contribution is 2.25. The summed E-state index contributed by atoms with van der Waals surface area (Å²) in [4.78, 5) is 32.2. The van der Waals surface area contributed by atoms with Crippen molar-refractivity contribution >= 4 is 34.2 Å². The number of anilines is 2. The first kappa shape index (κ1) is 24.2. The van der Waals surface area contributed by atoms with Crippen molar-refractivity contribution in [3.05, 3.63) is 120 Å². The third-order valence-electron chi connectivity index (χ3n) is 5.80. The number of nitrogen functional groups attached to an aromatic ring is 1. The van der Waals surface area contributed by atoms with E-state index in [1.807, 2.05) is 54.6 Å². The lowest BCUT2D eigenvalue weighted by Crippen LogP contribution is -2.30. The van der Waals surface area contributed by atoms with E-state index in [1.54, 1.807) is 42.7 Å². The molecule has 0 saturated heterocycles. The first-order valence-corrected chi connectivity index (χ1v) is 11.6. The molecule has 0 aliphatic carbocycles. The van der Waals surface area contributed by atoms with Crippen LogP contribution in [-0.2, 0) is 0 Å². The smallest absolute Gasteiger partial charge is 0.335 e. The summed E-state index contributed by atoms with van der Waals surface area (Å²) < 4.78 is 0. The van der Waals surface area contributed by atoms with Crippen molar-refractivity contribution in [1.29, 1.82) is 0 Å². The number of carbonyl (C=O) groups excluding carboxylic acids is 1. The predicted molar refractivity (Wildman–Crippen MR) is 146 cm³/mol. The van der Waals surface area contributed by atoms with Gasteiger partial charge in [0.15, 0.2) is 0 Å². The standard InChI is InChI=1S/C30H21N5O3/c31-35-29(36)25-17-28(34-27-14-15-32-18-26(25)27)21-10-6-19(7-11-21)4-5-20-8-12-23(13-9-20)33-24-3-1-2-22(16-24)30(37)38/h1-3,6-18,33H,31H2,(H,35,36)(H,37,38). The van der Waals surface area contributed by atoms with E-state index in [4.69, 9.17) is 10.9 Å². The second-order valence-electron chi connectivity index (χ2n) is 8.34. The number of benzene rings is 3. The Balaban J connectivity index is 1.32. The molecule has 0 radical (unpaired) electrons. The monoisotopic (exact) mass is 499 g/mol. The van der Waals surface area contributed by atoms with Crippen molar-refractivity contribution in [3.8, 4) is 23.1 Å². The summed E-state index contributed by atoms with van der Waals surface area (Å²) >= 11 is 0. The molecule has 8 heteroatoms. The number of carbonyl (C=O) groups is 2. The molecule has 5 N–H and O–H groups in total. The molecule has 0 aliphatic rings. The van der Waals surface area contributed by atoms with Gasteiger partial charge in [0.05, 0.1) is 22.3 Å². The highest BCUT2D eigenvalue weighted by atomic mass is 16.4. The Morgan fingerprint density at radius 3 is 2.24 bits per heavy atom. The fraction of sp³-hybridized carbons (Fsp3) is 0. The number of aromatic nitrogens is 2. The molecular formula is C30H21N5O3. The van der Waals surface area contributed by atoms with Crippen molar-refractivity contribution in [2.75, 3.05) is 5.32 Å². The van der Waals surface area contributed by atoms with Crippen LogP contribution in [0.15, 0.2) is 97.3 Å². The van der Waals surface area contributed by atoms with E-state index in [-0.39, 0.29) is 5.56 Å². The van der Waals surface area contributed by atoms with E-state index < -0.39 is 11.9 Å². The van der Waals surface area contributed by atoms with Crippen LogP contribution in [0, 0.1) is 11.8 Å². The van der Waals surface area contributed by atoms with E-state index in [9.17, 15) is 9.59 Å². The van der Waals surface area contributed by atoms with Gasteiger partial charge < -0.3 is 10.4 Å². The zero-order valence-corrected chi connectivity index (χ0v) is 20.0. The summed E-state index contributed by atoms with van der Waals surface area (Å²) in [5, 5.41) is 13.0. The highest BCUT2D eigenvalue weighted by Gasteiger charge is 2.13. The Morgan fingerprint density at radius 2 is 1.55 bits per heavy atom. The number of hydrazine groups is 1. The number of carboxylic acids is 1. The maximum atomic E-state index is 12.3. The average Bonchev–Trinajstić information content (AvgIpc) is 2.96. The molecular weight excluding hydrogens is 478 g/mol. The maximum Gasteiger partial charge on any atom is 0.335 e.